The highest BCUT2D eigenvalue weighted by atomic mass is 32.1. The normalized spacial score (nSPS) is 26.0. The van der Waals surface area contributed by atoms with E-state index in [1.54, 1.807) is 16.2 Å². The maximum atomic E-state index is 12.5. The highest BCUT2D eigenvalue weighted by molar-refractivity contribution is 7.07. The Bertz CT molecular complexity index is 532. The zero-order valence-corrected chi connectivity index (χ0v) is 13.7. The molecule has 6 heteroatoms. The summed E-state index contributed by atoms with van der Waals surface area (Å²) in [5.74, 6) is 0.250. The SMILES string of the molecule is C[C@H](CNC(=O)N1CC(=O)N[C@H]2CCCC[C@@H]21)c1ccsc1. The minimum atomic E-state index is -0.103. The van der Waals surface area contributed by atoms with Gasteiger partial charge in [0.25, 0.3) is 0 Å². The van der Waals surface area contributed by atoms with Crippen LogP contribution in [0.5, 0.6) is 0 Å². The molecule has 1 saturated heterocycles. The topological polar surface area (TPSA) is 61.4 Å². The molecule has 0 aromatic carbocycles. The number of piperazine rings is 1. The molecule has 0 bridgehead atoms. The number of rotatable bonds is 3. The molecule has 22 heavy (non-hydrogen) atoms. The van der Waals surface area contributed by atoms with Crippen molar-refractivity contribution in [1.29, 1.82) is 0 Å². The highest BCUT2D eigenvalue weighted by Crippen LogP contribution is 2.26. The lowest BCUT2D eigenvalue weighted by atomic mass is 9.87. The van der Waals surface area contributed by atoms with Crippen molar-refractivity contribution in [2.45, 2.75) is 50.6 Å². The third-order valence-electron chi connectivity index (χ3n) is 4.72. The predicted molar refractivity (Wildman–Crippen MR) is 87.0 cm³/mol. The lowest BCUT2D eigenvalue weighted by Crippen LogP contribution is -2.64. The molecule has 0 spiro atoms. The largest absolute Gasteiger partial charge is 0.350 e. The summed E-state index contributed by atoms with van der Waals surface area (Å²) in [4.78, 5) is 26.1. The van der Waals surface area contributed by atoms with E-state index in [1.165, 1.54) is 5.56 Å². The van der Waals surface area contributed by atoms with Crippen LogP contribution in [-0.2, 0) is 4.79 Å². The van der Waals surface area contributed by atoms with Crippen molar-refractivity contribution in [2.24, 2.45) is 0 Å². The van der Waals surface area contributed by atoms with Crippen LogP contribution >= 0.6 is 11.3 Å². The number of fused-ring (bicyclic) bond motifs is 1. The molecule has 3 amide bonds. The molecule has 3 atom stereocenters. The third-order valence-corrected chi connectivity index (χ3v) is 5.42. The van der Waals surface area contributed by atoms with Crippen LogP contribution < -0.4 is 10.6 Å². The summed E-state index contributed by atoms with van der Waals surface area (Å²) in [6.45, 7) is 2.89. The van der Waals surface area contributed by atoms with Crippen LogP contribution in [0.25, 0.3) is 0 Å². The molecule has 1 aromatic heterocycles. The molecule has 120 valence electrons. The van der Waals surface area contributed by atoms with Gasteiger partial charge in [0.1, 0.15) is 6.54 Å². The van der Waals surface area contributed by atoms with Crippen LogP contribution in [0, 0.1) is 0 Å². The monoisotopic (exact) mass is 321 g/mol. The van der Waals surface area contributed by atoms with Crippen LogP contribution in [0.4, 0.5) is 4.79 Å². The van der Waals surface area contributed by atoms with Gasteiger partial charge in [0.05, 0.1) is 6.04 Å². The first kappa shape index (κ1) is 15.3. The molecule has 0 radical (unpaired) electrons. The van der Waals surface area contributed by atoms with Crippen molar-refractivity contribution < 1.29 is 9.59 Å². The van der Waals surface area contributed by atoms with Gasteiger partial charge in [-0.1, -0.05) is 19.8 Å². The molecule has 2 heterocycles. The molecule has 2 fully saturated rings. The molecule has 0 unspecified atom stereocenters. The van der Waals surface area contributed by atoms with Gasteiger partial charge < -0.3 is 15.5 Å². The van der Waals surface area contributed by atoms with Crippen molar-refractivity contribution in [3.05, 3.63) is 22.4 Å². The van der Waals surface area contributed by atoms with Gasteiger partial charge in [-0.2, -0.15) is 11.3 Å². The number of nitrogens with one attached hydrogen (secondary N) is 2. The van der Waals surface area contributed by atoms with Gasteiger partial charge in [-0.15, -0.1) is 0 Å². The van der Waals surface area contributed by atoms with Crippen molar-refractivity contribution in [1.82, 2.24) is 15.5 Å². The average Bonchev–Trinajstić information content (AvgIpc) is 3.06. The fraction of sp³-hybridized carbons (Fsp3) is 0.625. The molecule has 3 rings (SSSR count). The second-order valence-corrected chi connectivity index (χ2v) is 7.08. The Labute approximate surface area is 135 Å². The Balaban J connectivity index is 1.59. The Morgan fingerprint density at radius 2 is 2.32 bits per heavy atom. The molecule has 1 aromatic rings. The number of hydrogen-bond donors (Lipinski definition) is 2. The van der Waals surface area contributed by atoms with Crippen molar-refractivity contribution in [2.75, 3.05) is 13.1 Å². The van der Waals surface area contributed by atoms with Gasteiger partial charge in [0.2, 0.25) is 5.91 Å². The molecule has 1 saturated carbocycles. The Morgan fingerprint density at radius 3 is 3.09 bits per heavy atom. The van der Waals surface area contributed by atoms with E-state index in [-0.39, 0.29) is 36.5 Å². The third kappa shape index (κ3) is 3.27. The molecule has 1 aliphatic carbocycles. The van der Waals surface area contributed by atoms with Gasteiger partial charge >= 0.3 is 6.03 Å². The number of thiophene rings is 1. The van der Waals surface area contributed by atoms with E-state index < -0.39 is 0 Å². The van der Waals surface area contributed by atoms with Gasteiger partial charge in [0.15, 0.2) is 0 Å². The number of hydrogen-bond acceptors (Lipinski definition) is 3. The maximum absolute atomic E-state index is 12.5. The second kappa shape index (κ2) is 6.69. The lowest BCUT2D eigenvalue weighted by molar-refractivity contribution is -0.126. The minimum Gasteiger partial charge on any atom is -0.350 e. The summed E-state index contributed by atoms with van der Waals surface area (Å²) in [6.07, 6.45) is 4.22. The molecule has 1 aliphatic heterocycles. The second-order valence-electron chi connectivity index (χ2n) is 6.30. The highest BCUT2D eigenvalue weighted by Gasteiger charge is 2.38. The standard InChI is InChI=1S/C16H23N3O2S/c1-11(12-6-7-22-10-12)8-17-16(21)19-9-15(20)18-13-4-2-3-5-14(13)19/h6-7,10-11,13-14H,2-5,8-9H2,1H3,(H,17,21)(H,18,20)/t11-,13+,14+/m1/s1. The van der Waals surface area contributed by atoms with Crippen molar-refractivity contribution in [3.8, 4) is 0 Å². The van der Waals surface area contributed by atoms with E-state index in [1.807, 2.05) is 0 Å². The summed E-state index contributed by atoms with van der Waals surface area (Å²) in [5, 5.41) is 10.2. The van der Waals surface area contributed by atoms with E-state index in [0.717, 1.165) is 25.7 Å². The lowest BCUT2D eigenvalue weighted by Gasteiger charge is -2.43. The zero-order chi connectivity index (χ0) is 15.5. The summed E-state index contributed by atoms with van der Waals surface area (Å²) in [6, 6.07) is 2.28. The molecule has 5 nitrogen and oxygen atoms in total. The number of carbonyl (C=O) groups is 2. The van der Waals surface area contributed by atoms with Gasteiger partial charge in [-0.05, 0) is 41.1 Å². The van der Waals surface area contributed by atoms with Crippen LogP contribution in [0.1, 0.15) is 44.1 Å². The first-order chi connectivity index (χ1) is 10.6. The van der Waals surface area contributed by atoms with Gasteiger partial charge in [-0.25, -0.2) is 4.79 Å². The first-order valence-electron chi connectivity index (χ1n) is 8.01. The number of nitrogens with zero attached hydrogens (tertiary/aromatic N) is 1. The van der Waals surface area contributed by atoms with E-state index in [4.69, 9.17) is 0 Å². The van der Waals surface area contributed by atoms with Crippen LogP contribution in [0.3, 0.4) is 0 Å². The smallest absolute Gasteiger partial charge is 0.318 e. The Hall–Kier alpha value is -1.56. The zero-order valence-electron chi connectivity index (χ0n) is 12.9. The Morgan fingerprint density at radius 1 is 1.50 bits per heavy atom. The number of carbonyl (C=O) groups excluding carboxylic acids is 2. The van der Waals surface area contributed by atoms with Gasteiger partial charge in [-0.3, -0.25) is 4.79 Å². The van der Waals surface area contributed by atoms with Crippen molar-refractivity contribution >= 4 is 23.3 Å². The van der Waals surface area contributed by atoms with E-state index in [0.29, 0.717) is 6.54 Å². The van der Waals surface area contributed by atoms with E-state index in [2.05, 4.69) is 34.4 Å². The minimum absolute atomic E-state index is 0.0378. The van der Waals surface area contributed by atoms with Crippen LogP contribution in [0.15, 0.2) is 16.8 Å². The van der Waals surface area contributed by atoms with E-state index in [9.17, 15) is 9.59 Å². The number of urea groups is 1. The molecular formula is C16H23N3O2S. The first-order valence-corrected chi connectivity index (χ1v) is 8.95. The van der Waals surface area contributed by atoms with E-state index >= 15 is 0 Å². The summed E-state index contributed by atoms with van der Waals surface area (Å²) in [5.41, 5.74) is 1.25. The molecular weight excluding hydrogens is 298 g/mol. The quantitative estimate of drug-likeness (QED) is 0.897. The maximum Gasteiger partial charge on any atom is 0.318 e. The molecule has 2 aliphatic rings. The fourth-order valence-corrected chi connectivity index (χ4v) is 4.20. The van der Waals surface area contributed by atoms with Crippen molar-refractivity contribution in [3.63, 3.8) is 0 Å². The molecule has 2 N–H and O–H groups in total. The van der Waals surface area contributed by atoms with Gasteiger partial charge in [0, 0.05) is 12.6 Å². The van der Waals surface area contributed by atoms with Crippen LogP contribution in [0.2, 0.25) is 0 Å². The number of amides is 3. The predicted octanol–water partition coefficient (Wildman–Crippen LogP) is 2.30. The average molecular weight is 321 g/mol. The summed E-state index contributed by atoms with van der Waals surface area (Å²) >= 11 is 1.67. The van der Waals surface area contributed by atoms with Crippen LogP contribution in [-0.4, -0.2) is 42.0 Å². The summed E-state index contributed by atoms with van der Waals surface area (Å²) in [7, 11) is 0. The summed E-state index contributed by atoms with van der Waals surface area (Å²) < 4.78 is 0. The fourth-order valence-electron chi connectivity index (χ4n) is 3.41. The Kier molecular flexibility index (Phi) is 4.66.